The molecule has 5 fully saturated rings. The lowest BCUT2D eigenvalue weighted by Crippen LogP contribution is -2.58. The van der Waals surface area contributed by atoms with E-state index in [1.807, 2.05) is 6.07 Å². The molecule has 1 aromatic carbocycles. The molecule has 3 nitrogen and oxygen atoms in total. The zero-order chi connectivity index (χ0) is 18.8. The van der Waals surface area contributed by atoms with Crippen LogP contribution in [0.3, 0.4) is 0 Å². The van der Waals surface area contributed by atoms with Gasteiger partial charge in [0.1, 0.15) is 11.6 Å². The Bertz CT molecular complexity index is 743. The topological polar surface area (TPSA) is 46.2 Å². The van der Waals surface area contributed by atoms with E-state index in [1.54, 1.807) is 0 Å². The first-order chi connectivity index (χ1) is 13.8. The molecule has 1 saturated heterocycles. The van der Waals surface area contributed by atoms with Gasteiger partial charge in [-0.3, -0.25) is 9.59 Å². The highest BCUT2D eigenvalue weighted by molar-refractivity contribution is 5.93. The lowest BCUT2D eigenvalue weighted by molar-refractivity contribution is -0.129. The Morgan fingerprint density at radius 1 is 0.643 bits per heavy atom. The van der Waals surface area contributed by atoms with Crippen LogP contribution < -0.4 is 5.32 Å². The molecule has 0 bridgehead atoms. The van der Waals surface area contributed by atoms with Crippen molar-refractivity contribution in [3.63, 3.8) is 0 Å². The van der Waals surface area contributed by atoms with Gasteiger partial charge >= 0.3 is 0 Å². The van der Waals surface area contributed by atoms with Crippen LogP contribution in [0.1, 0.15) is 62.8 Å². The number of hydrogen-bond acceptors (Lipinski definition) is 3. The Balaban J connectivity index is 1.47. The minimum Gasteiger partial charge on any atom is -0.309 e. The van der Waals surface area contributed by atoms with E-state index in [1.165, 1.54) is 44.1 Å². The fourth-order valence-corrected chi connectivity index (χ4v) is 8.06. The summed E-state index contributed by atoms with van der Waals surface area (Å²) in [5.41, 5.74) is 1.23. The van der Waals surface area contributed by atoms with Crippen molar-refractivity contribution >= 4 is 11.6 Å². The monoisotopic (exact) mass is 377 g/mol. The molecule has 8 unspecified atom stereocenters. The van der Waals surface area contributed by atoms with E-state index < -0.39 is 0 Å². The van der Waals surface area contributed by atoms with Gasteiger partial charge in [0.25, 0.3) is 0 Å². The highest BCUT2D eigenvalue weighted by Gasteiger charge is 2.64. The maximum atomic E-state index is 13.6. The maximum Gasteiger partial charge on any atom is 0.141 e. The van der Waals surface area contributed by atoms with Crippen LogP contribution in [0.2, 0.25) is 0 Å². The van der Waals surface area contributed by atoms with Gasteiger partial charge in [-0.25, -0.2) is 0 Å². The van der Waals surface area contributed by atoms with E-state index in [0.29, 0.717) is 23.4 Å². The molecule has 0 radical (unpaired) electrons. The van der Waals surface area contributed by atoms with Crippen LogP contribution >= 0.6 is 0 Å². The highest BCUT2D eigenvalue weighted by Crippen LogP contribution is 2.58. The minimum atomic E-state index is 0.000790. The summed E-state index contributed by atoms with van der Waals surface area (Å²) in [6.07, 6.45) is 9.40. The largest absolute Gasteiger partial charge is 0.309 e. The third-order valence-electron chi connectivity index (χ3n) is 9.07. The van der Waals surface area contributed by atoms with E-state index in [0.717, 1.165) is 12.8 Å². The summed E-state index contributed by atoms with van der Waals surface area (Å²) in [7, 11) is 0. The van der Waals surface area contributed by atoms with E-state index in [9.17, 15) is 9.59 Å². The molecular weight excluding hydrogens is 346 g/mol. The summed E-state index contributed by atoms with van der Waals surface area (Å²) in [6.45, 7) is 0. The number of carbonyl (C=O) groups excluding carboxylic acids is 2. The fraction of sp³-hybridized carbons (Fsp3) is 0.680. The number of carbonyl (C=O) groups is 2. The second-order valence-electron chi connectivity index (χ2n) is 10.1. The van der Waals surface area contributed by atoms with Gasteiger partial charge in [0.05, 0.1) is 0 Å². The van der Waals surface area contributed by atoms with Gasteiger partial charge in [-0.15, -0.1) is 0 Å². The predicted molar refractivity (Wildman–Crippen MR) is 108 cm³/mol. The summed E-state index contributed by atoms with van der Waals surface area (Å²) in [5.74, 6) is 2.49. The molecule has 0 amide bonds. The zero-order valence-corrected chi connectivity index (χ0v) is 16.6. The van der Waals surface area contributed by atoms with Gasteiger partial charge in [0, 0.05) is 41.7 Å². The Kier molecular flexibility index (Phi) is 4.05. The molecular formula is C25H31NO2. The second-order valence-corrected chi connectivity index (χ2v) is 10.1. The number of rotatable bonds is 1. The standard InChI is InChI=1S/C25H31NO2/c27-24-17-12-6-4-10-15(17)22-20(24)19(14-8-2-1-3-9-14)21-23(26-22)16-11-5-7-13-18(16)25(21)28/h1-3,8-9,15-23,26H,4-7,10-13H2. The molecule has 0 spiro atoms. The second kappa shape index (κ2) is 6.52. The van der Waals surface area contributed by atoms with Crippen molar-refractivity contribution in [2.75, 3.05) is 0 Å². The van der Waals surface area contributed by atoms with Crippen LogP contribution in [0.5, 0.6) is 0 Å². The van der Waals surface area contributed by atoms with Crippen LogP contribution in [-0.2, 0) is 9.59 Å². The van der Waals surface area contributed by atoms with Crippen molar-refractivity contribution in [1.29, 1.82) is 0 Å². The molecule has 28 heavy (non-hydrogen) atoms. The number of ketones is 2. The van der Waals surface area contributed by atoms with Gasteiger partial charge in [0.15, 0.2) is 0 Å². The summed E-state index contributed by atoms with van der Waals surface area (Å²) in [6, 6.07) is 11.1. The Hall–Kier alpha value is -1.48. The van der Waals surface area contributed by atoms with E-state index >= 15 is 0 Å². The Morgan fingerprint density at radius 2 is 1.14 bits per heavy atom. The van der Waals surface area contributed by atoms with Crippen LogP contribution in [0.25, 0.3) is 0 Å². The highest BCUT2D eigenvalue weighted by atomic mass is 16.1. The molecule has 1 N–H and O–H groups in total. The smallest absolute Gasteiger partial charge is 0.141 e. The molecule has 148 valence electrons. The molecule has 3 heteroatoms. The summed E-state index contributed by atoms with van der Waals surface area (Å²) in [4.78, 5) is 27.2. The van der Waals surface area contributed by atoms with Gasteiger partial charge < -0.3 is 5.32 Å². The van der Waals surface area contributed by atoms with Gasteiger partial charge in [-0.1, -0.05) is 56.0 Å². The average molecular weight is 378 g/mol. The zero-order valence-electron chi connectivity index (χ0n) is 16.6. The number of nitrogens with one attached hydrogen (secondary N) is 1. The van der Waals surface area contributed by atoms with Crippen molar-refractivity contribution in [2.24, 2.45) is 35.5 Å². The predicted octanol–water partition coefficient (Wildman–Crippen LogP) is 4.12. The van der Waals surface area contributed by atoms with Crippen LogP contribution in [-0.4, -0.2) is 23.7 Å². The maximum absolute atomic E-state index is 13.6. The van der Waals surface area contributed by atoms with Crippen molar-refractivity contribution < 1.29 is 9.59 Å². The van der Waals surface area contributed by atoms with Crippen LogP contribution in [0.4, 0.5) is 0 Å². The number of benzene rings is 1. The summed E-state index contributed by atoms with van der Waals surface area (Å²) >= 11 is 0. The summed E-state index contributed by atoms with van der Waals surface area (Å²) < 4.78 is 0. The van der Waals surface area contributed by atoms with Crippen molar-refractivity contribution in [3.05, 3.63) is 35.9 Å². The molecule has 1 heterocycles. The first-order valence-electron chi connectivity index (χ1n) is 11.6. The van der Waals surface area contributed by atoms with Crippen molar-refractivity contribution in [2.45, 2.75) is 69.4 Å². The lowest BCUT2D eigenvalue weighted by Gasteiger charge is -2.45. The molecule has 0 aromatic heterocycles. The third kappa shape index (κ3) is 2.32. The third-order valence-corrected chi connectivity index (χ3v) is 9.07. The normalized spacial score (nSPS) is 47.2. The Labute approximate surface area is 167 Å². The molecule has 8 atom stereocenters. The number of fused-ring (bicyclic) bond motifs is 6. The van der Waals surface area contributed by atoms with Crippen LogP contribution in [0.15, 0.2) is 30.3 Å². The lowest BCUT2D eigenvalue weighted by atomic mass is 9.67. The fourth-order valence-electron chi connectivity index (χ4n) is 8.06. The average Bonchev–Trinajstić information content (AvgIpc) is 3.20. The minimum absolute atomic E-state index is 0.000790. The van der Waals surface area contributed by atoms with Crippen molar-refractivity contribution in [3.8, 4) is 0 Å². The van der Waals surface area contributed by atoms with Crippen LogP contribution in [0, 0.1) is 35.5 Å². The first kappa shape index (κ1) is 17.4. The number of piperidine rings is 1. The quantitative estimate of drug-likeness (QED) is 0.801. The molecule has 6 rings (SSSR count). The molecule has 5 aliphatic rings. The van der Waals surface area contributed by atoms with Crippen molar-refractivity contribution in [1.82, 2.24) is 5.32 Å². The number of hydrogen-bond donors (Lipinski definition) is 1. The molecule has 1 aromatic rings. The van der Waals surface area contributed by atoms with Gasteiger partial charge in [-0.2, -0.15) is 0 Å². The van der Waals surface area contributed by atoms with E-state index in [4.69, 9.17) is 0 Å². The molecule has 4 saturated carbocycles. The number of Topliss-reactive ketones (excluding diaryl/α,β-unsaturated/α-hetero) is 2. The molecule has 1 aliphatic heterocycles. The summed E-state index contributed by atoms with van der Waals surface area (Å²) in [5, 5.41) is 3.99. The first-order valence-corrected chi connectivity index (χ1v) is 11.6. The molecule has 4 aliphatic carbocycles. The Morgan fingerprint density at radius 3 is 1.68 bits per heavy atom. The SMILES string of the molecule is O=C1C2CCCCC2C2NC3C4CCCCC4C(=O)C3C(c3ccccc3)C12. The van der Waals surface area contributed by atoms with Gasteiger partial charge in [-0.05, 0) is 43.1 Å². The van der Waals surface area contributed by atoms with E-state index in [-0.39, 0.29) is 41.7 Å². The van der Waals surface area contributed by atoms with Gasteiger partial charge in [0.2, 0.25) is 0 Å². The van der Waals surface area contributed by atoms with E-state index in [2.05, 4.69) is 29.6 Å².